The maximum absolute atomic E-state index is 12.4. The number of esters is 1. The van der Waals surface area contributed by atoms with Gasteiger partial charge < -0.3 is 10.1 Å². The third kappa shape index (κ3) is 4.68. The summed E-state index contributed by atoms with van der Waals surface area (Å²) in [7, 11) is 0. The largest absolute Gasteiger partial charge is 0.464 e. The van der Waals surface area contributed by atoms with E-state index in [1.807, 2.05) is 48.5 Å². The Morgan fingerprint density at radius 2 is 1.65 bits per heavy atom. The molecule has 0 saturated heterocycles. The molecule has 0 saturated carbocycles. The van der Waals surface area contributed by atoms with Crippen LogP contribution in [0.3, 0.4) is 0 Å². The van der Waals surface area contributed by atoms with Crippen LogP contribution < -0.4 is 5.32 Å². The lowest BCUT2D eigenvalue weighted by molar-refractivity contribution is -0.147. The van der Waals surface area contributed by atoms with E-state index in [9.17, 15) is 9.59 Å². The molecule has 0 atom stereocenters. The Labute approximate surface area is 136 Å². The van der Waals surface area contributed by atoms with Crippen molar-refractivity contribution < 1.29 is 14.3 Å². The van der Waals surface area contributed by atoms with Crippen molar-refractivity contribution in [2.45, 2.75) is 13.8 Å². The van der Waals surface area contributed by atoms with E-state index in [0.29, 0.717) is 12.1 Å². The summed E-state index contributed by atoms with van der Waals surface area (Å²) < 4.78 is 5.05. The fraction of sp³-hybridized carbons (Fsp3) is 0.263. The van der Waals surface area contributed by atoms with Crippen LogP contribution in [0.15, 0.2) is 54.6 Å². The van der Waals surface area contributed by atoms with Crippen LogP contribution in [-0.4, -0.2) is 25.0 Å². The first-order valence-corrected chi connectivity index (χ1v) is 7.69. The first-order valence-electron chi connectivity index (χ1n) is 7.69. The van der Waals surface area contributed by atoms with Gasteiger partial charge in [0.25, 0.3) is 5.91 Å². The summed E-state index contributed by atoms with van der Waals surface area (Å²) in [5.41, 5.74) is 2.48. The van der Waals surface area contributed by atoms with E-state index >= 15 is 0 Å². The highest BCUT2D eigenvalue weighted by atomic mass is 16.5. The molecule has 23 heavy (non-hydrogen) atoms. The second kappa shape index (κ2) is 8.13. The number of benzene rings is 2. The van der Waals surface area contributed by atoms with E-state index < -0.39 is 0 Å². The van der Waals surface area contributed by atoms with Gasteiger partial charge in [0.15, 0.2) is 0 Å². The molecule has 4 nitrogen and oxygen atoms in total. The molecule has 0 radical (unpaired) electrons. The Hall–Kier alpha value is -2.62. The summed E-state index contributed by atoms with van der Waals surface area (Å²) in [5, 5.41) is 2.79. The van der Waals surface area contributed by atoms with Crippen LogP contribution in [0.4, 0.5) is 0 Å². The van der Waals surface area contributed by atoms with Gasteiger partial charge in [0.2, 0.25) is 0 Å². The van der Waals surface area contributed by atoms with Gasteiger partial charge in [-0.15, -0.1) is 0 Å². The predicted molar refractivity (Wildman–Crippen MR) is 90.0 cm³/mol. The van der Waals surface area contributed by atoms with Crippen molar-refractivity contribution in [2.24, 2.45) is 5.92 Å². The van der Waals surface area contributed by atoms with Crippen molar-refractivity contribution in [3.8, 4) is 11.1 Å². The van der Waals surface area contributed by atoms with E-state index in [0.717, 1.165) is 11.1 Å². The van der Waals surface area contributed by atoms with Gasteiger partial charge in [0, 0.05) is 5.56 Å². The van der Waals surface area contributed by atoms with Crippen molar-refractivity contribution in [3.63, 3.8) is 0 Å². The third-order valence-corrected chi connectivity index (χ3v) is 3.36. The van der Waals surface area contributed by atoms with Gasteiger partial charge in [0.05, 0.1) is 12.5 Å². The van der Waals surface area contributed by atoms with Crippen molar-refractivity contribution in [2.75, 3.05) is 13.2 Å². The smallest absolute Gasteiger partial charge is 0.308 e. The van der Waals surface area contributed by atoms with Gasteiger partial charge in [-0.1, -0.05) is 62.4 Å². The maximum atomic E-state index is 12.4. The lowest BCUT2D eigenvalue weighted by Gasteiger charge is -2.11. The van der Waals surface area contributed by atoms with Gasteiger partial charge in [-0.05, 0) is 17.2 Å². The summed E-state index contributed by atoms with van der Waals surface area (Å²) in [6.07, 6.45) is 0. The van der Waals surface area contributed by atoms with Crippen molar-refractivity contribution in [3.05, 3.63) is 60.2 Å². The molecule has 0 aliphatic carbocycles. The molecule has 0 bridgehead atoms. The summed E-state index contributed by atoms with van der Waals surface area (Å²) >= 11 is 0. The summed E-state index contributed by atoms with van der Waals surface area (Å²) in [5.74, 6) is -0.599. The molecule has 0 aliphatic heterocycles. The first-order chi connectivity index (χ1) is 11.1. The van der Waals surface area contributed by atoms with Crippen LogP contribution in [0, 0.1) is 5.92 Å². The zero-order chi connectivity index (χ0) is 16.7. The second-order valence-corrected chi connectivity index (χ2v) is 5.49. The van der Waals surface area contributed by atoms with E-state index in [1.165, 1.54) is 0 Å². The Morgan fingerprint density at radius 1 is 1.00 bits per heavy atom. The van der Waals surface area contributed by atoms with Crippen molar-refractivity contribution >= 4 is 11.9 Å². The number of amides is 1. The Balaban J connectivity index is 1.99. The van der Waals surface area contributed by atoms with Gasteiger partial charge in [-0.3, -0.25) is 9.59 Å². The monoisotopic (exact) mass is 311 g/mol. The second-order valence-electron chi connectivity index (χ2n) is 5.49. The highest BCUT2D eigenvalue weighted by Crippen LogP contribution is 2.23. The van der Waals surface area contributed by atoms with E-state index in [4.69, 9.17) is 4.74 Å². The molecule has 0 unspecified atom stereocenters. The molecule has 2 aromatic carbocycles. The van der Waals surface area contributed by atoms with Gasteiger partial charge >= 0.3 is 5.97 Å². The molecule has 0 fully saturated rings. The number of rotatable bonds is 6. The van der Waals surface area contributed by atoms with Gasteiger partial charge in [-0.25, -0.2) is 0 Å². The lowest BCUT2D eigenvalue weighted by Crippen LogP contribution is -2.29. The summed E-state index contributed by atoms with van der Waals surface area (Å²) in [6, 6.07) is 17.2. The third-order valence-electron chi connectivity index (χ3n) is 3.36. The Kier molecular flexibility index (Phi) is 5.92. The molecule has 1 N–H and O–H groups in total. The Morgan fingerprint density at radius 3 is 2.35 bits per heavy atom. The van der Waals surface area contributed by atoms with E-state index in [2.05, 4.69) is 5.32 Å². The quantitative estimate of drug-likeness (QED) is 0.658. The average molecular weight is 311 g/mol. The average Bonchev–Trinajstić information content (AvgIpc) is 2.59. The van der Waals surface area contributed by atoms with Crippen LogP contribution in [0.5, 0.6) is 0 Å². The number of hydrogen-bond donors (Lipinski definition) is 1. The maximum Gasteiger partial charge on any atom is 0.308 e. The van der Waals surface area contributed by atoms with Crippen LogP contribution in [-0.2, 0) is 9.53 Å². The highest BCUT2D eigenvalue weighted by Gasteiger charge is 2.12. The predicted octanol–water partition coefficient (Wildman–Crippen LogP) is 3.28. The molecule has 1 amide bonds. The van der Waals surface area contributed by atoms with Crippen LogP contribution >= 0.6 is 0 Å². The standard InChI is InChI=1S/C19H21NO3/c1-14(2)19(22)23-13-12-20-18(21)17-11-7-6-10-16(17)15-8-4-3-5-9-15/h3-11,14H,12-13H2,1-2H3,(H,20,21). The first kappa shape index (κ1) is 16.7. The SMILES string of the molecule is CC(C)C(=O)OCCNC(=O)c1ccccc1-c1ccccc1. The molecule has 0 heterocycles. The molecular weight excluding hydrogens is 290 g/mol. The Bertz CT molecular complexity index is 665. The molecular formula is C19H21NO3. The molecule has 0 aliphatic rings. The van der Waals surface area contributed by atoms with Crippen molar-refractivity contribution in [1.82, 2.24) is 5.32 Å². The minimum atomic E-state index is -0.260. The normalized spacial score (nSPS) is 10.4. The lowest BCUT2D eigenvalue weighted by atomic mass is 9.99. The number of hydrogen-bond acceptors (Lipinski definition) is 3. The van der Waals surface area contributed by atoms with E-state index in [-0.39, 0.29) is 24.4 Å². The van der Waals surface area contributed by atoms with Crippen molar-refractivity contribution in [1.29, 1.82) is 0 Å². The molecule has 0 spiro atoms. The fourth-order valence-electron chi connectivity index (χ4n) is 2.13. The topological polar surface area (TPSA) is 55.4 Å². The molecule has 4 heteroatoms. The summed E-state index contributed by atoms with van der Waals surface area (Å²) in [4.78, 5) is 23.7. The van der Waals surface area contributed by atoms with Crippen LogP contribution in [0.2, 0.25) is 0 Å². The van der Waals surface area contributed by atoms with E-state index in [1.54, 1.807) is 19.9 Å². The minimum absolute atomic E-state index is 0.162. The number of carbonyl (C=O) groups excluding carboxylic acids is 2. The fourth-order valence-corrected chi connectivity index (χ4v) is 2.13. The van der Waals surface area contributed by atoms with Gasteiger partial charge in [-0.2, -0.15) is 0 Å². The highest BCUT2D eigenvalue weighted by molar-refractivity contribution is 6.00. The van der Waals surface area contributed by atoms with Crippen LogP contribution in [0.25, 0.3) is 11.1 Å². The minimum Gasteiger partial charge on any atom is -0.464 e. The molecule has 2 aromatic rings. The zero-order valence-corrected chi connectivity index (χ0v) is 13.4. The molecule has 2 rings (SSSR count). The number of nitrogens with one attached hydrogen (secondary N) is 1. The summed E-state index contributed by atoms with van der Waals surface area (Å²) in [6.45, 7) is 4.02. The number of carbonyl (C=O) groups is 2. The number of ether oxygens (including phenoxy) is 1. The molecule has 120 valence electrons. The zero-order valence-electron chi connectivity index (χ0n) is 13.4. The van der Waals surface area contributed by atoms with Crippen LogP contribution in [0.1, 0.15) is 24.2 Å². The molecule has 0 aromatic heterocycles. The van der Waals surface area contributed by atoms with Gasteiger partial charge in [0.1, 0.15) is 6.61 Å².